The van der Waals surface area contributed by atoms with Crippen LogP contribution in [0.25, 0.3) is 0 Å². The molecule has 1 aliphatic heterocycles. The number of carbonyl (C=O) groups excluding carboxylic acids is 2. The fourth-order valence-corrected chi connectivity index (χ4v) is 1.76. The van der Waals surface area contributed by atoms with E-state index in [4.69, 9.17) is 0 Å². The van der Waals surface area contributed by atoms with Gasteiger partial charge in [0, 0.05) is 24.9 Å². The number of nitrogens with zero attached hydrogens (tertiary/aromatic N) is 1. The van der Waals surface area contributed by atoms with E-state index >= 15 is 0 Å². The predicted octanol–water partition coefficient (Wildman–Crippen LogP) is 1.05. The number of hydrogen-bond acceptors (Lipinski definition) is 3. The zero-order chi connectivity index (χ0) is 13.0. The van der Waals surface area contributed by atoms with Gasteiger partial charge in [0.1, 0.15) is 0 Å². The number of rotatable bonds is 3. The highest BCUT2D eigenvalue weighted by Gasteiger charge is 2.13. The van der Waals surface area contributed by atoms with Gasteiger partial charge in [-0.1, -0.05) is 12.1 Å². The molecule has 0 atom stereocenters. The lowest BCUT2D eigenvalue weighted by molar-refractivity contribution is -0.121. The van der Waals surface area contributed by atoms with E-state index in [2.05, 4.69) is 15.8 Å². The van der Waals surface area contributed by atoms with E-state index in [1.807, 2.05) is 19.1 Å². The van der Waals surface area contributed by atoms with Gasteiger partial charge in [-0.25, -0.2) is 5.43 Å². The summed E-state index contributed by atoms with van der Waals surface area (Å²) >= 11 is 0. The first-order valence-electron chi connectivity index (χ1n) is 5.94. The molecule has 0 saturated carbocycles. The van der Waals surface area contributed by atoms with Crippen molar-refractivity contribution in [2.45, 2.75) is 19.8 Å². The maximum Gasteiger partial charge on any atom is 0.251 e. The van der Waals surface area contributed by atoms with Gasteiger partial charge >= 0.3 is 0 Å². The van der Waals surface area contributed by atoms with Crippen LogP contribution in [0.2, 0.25) is 0 Å². The molecule has 0 bridgehead atoms. The summed E-state index contributed by atoms with van der Waals surface area (Å²) < 4.78 is 0. The summed E-state index contributed by atoms with van der Waals surface area (Å²) in [5.74, 6) is -0.138. The van der Waals surface area contributed by atoms with Gasteiger partial charge in [-0.3, -0.25) is 9.59 Å². The highest BCUT2D eigenvalue weighted by Crippen LogP contribution is 2.11. The first-order valence-corrected chi connectivity index (χ1v) is 5.94. The number of carbonyl (C=O) groups is 2. The lowest BCUT2D eigenvalue weighted by atomic mass is 10.0. The van der Waals surface area contributed by atoms with E-state index in [0.29, 0.717) is 24.9 Å². The van der Waals surface area contributed by atoms with Crippen molar-refractivity contribution in [2.24, 2.45) is 5.10 Å². The molecule has 1 aromatic rings. The van der Waals surface area contributed by atoms with Gasteiger partial charge in [0.05, 0.1) is 5.71 Å². The molecule has 0 radical (unpaired) electrons. The van der Waals surface area contributed by atoms with Gasteiger partial charge in [-0.2, -0.15) is 5.10 Å². The minimum atomic E-state index is -0.0806. The second-order valence-electron chi connectivity index (χ2n) is 4.03. The molecular formula is C13H15N3O2. The van der Waals surface area contributed by atoms with Crippen molar-refractivity contribution in [1.82, 2.24) is 10.7 Å². The molecule has 1 aliphatic rings. The minimum absolute atomic E-state index is 0.0577. The van der Waals surface area contributed by atoms with Crippen LogP contribution in [-0.4, -0.2) is 24.1 Å². The van der Waals surface area contributed by atoms with Gasteiger partial charge in [-0.05, 0) is 24.6 Å². The summed E-state index contributed by atoms with van der Waals surface area (Å²) in [7, 11) is 0. The third-order valence-corrected chi connectivity index (χ3v) is 2.72. The molecule has 2 rings (SSSR count). The molecule has 94 valence electrons. The molecule has 2 amide bonds. The Balaban J connectivity index is 2.13. The topological polar surface area (TPSA) is 70.6 Å². The quantitative estimate of drug-likeness (QED) is 0.835. The van der Waals surface area contributed by atoms with Crippen molar-refractivity contribution < 1.29 is 9.59 Å². The highest BCUT2D eigenvalue weighted by atomic mass is 16.2. The zero-order valence-corrected chi connectivity index (χ0v) is 10.2. The maximum absolute atomic E-state index is 11.6. The number of hydrogen-bond donors (Lipinski definition) is 2. The Labute approximate surface area is 105 Å². The molecule has 1 aromatic carbocycles. The van der Waals surface area contributed by atoms with Crippen molar-refractivity contribution in [2.75, 3.05) is 6.54 Å². The van der Waals surface area contributed by atoms with E-state index < -0.39 is 0 Å². The molecule has 18 heavy (non-hydrogen) atoms. The molecule has 5 heteroatoms. The predicted molar refractivity (Wildman–Crippen MR) is 68.4 cm³/mol. The summed E-state index contributed by atoms with van der Waals surface area (Å²) in [6.45, 7) is 2.49. The second-order valence-corrected chi connectivity index (χ2v) is 4.03. The fourth-order valence-electron chi connectivity index (χ4n) is 1.76. The lowest BCUT2D eigenvalue weighted by Gasteiger charge is -2.12. The van der Waals surface area contributed by atoms with Crippen LogP contribution < -0.4 is 10.7 Å². The monoisotopic (exact) mass is 245 g/mol. The van der Waals surface area contributed by atoms with E-state index in [9.17, 15) is 9.59 Å². The normalized spacial score (nSPS) is 14.7. The van der Waals surface area contributed by atoms with Crippen LogP contribution in [0.1, 0.15) is 35.7 Å². The molecule has 0 saturated heterocycles. The van der Waals surface area contributed by atoms with Crippen LogP contribution in [-0.2, 0) is 4.79 Å². The van der Waals surface area contributed by atoms with E-state index in [1.165, 1.54) is 0 Å². The van der Waals surface area contributed by atoms with Crippen molar-refractivity contribution >= 4 is 17.5 Å². The van der Waals surface area contributed by atoms with Gasteiger partial charge in [0.2, 0.25) is 5.91 Å². The Hall–Kier alpha value is -2.17. The van der Waals surface area contributed by atoms with Gasteiger partial charge in [-0.15, -0.1) is 0 Å². The van der Waals surface area contributed by atoms with E-state index in [-0.39, 0.29) is 11.8 Å². The molecule has 2 N–H and O–H groups in total. The van der Waals surface area contributed by atoms with Crippen molar-refractivity contribution in [3.05, 3.63) is 35.4 Å². The summed E-state index contributed by atoms with van der Waals surface area (Å²) in [6, 6.07) is 7.22. The molecule has 0 unspecified atom stereocenters. The minimum Gasteiger partial charge on any atom is -0.352 e. The largest absolute Gasteiger partial charge is 0.352 e. The van der Waals surface area contributed by atoms with Crippen molar-refractivity contribution in [3.8, 4) is 0 Å². The fraction of sp³-hybridized carbons (Fsp3) is 0.308. The third kappa shape index (κ3) is 2.74. The average Bonchev–Trinajstić information content (AvgIpc) is 2.40. The van der Waals surface area contributed by atoms with Crippen LogP contribution in [0.5, 0.6) is 0 Å². The van der Waals surface area contributed by atoms with Crippen LogP contribution in [0.15, 0.2) is 29.4 Å². The molecule has 0 aliphatic carbocycles. The highest BCUT2D eigenvalue weighted by molar-refractivity contribution is 6.04. The number of hydrazone groups is 1. The van der Waals surface area contributed by atoms with Crippen molar-refractivity contribution in [3.63, 3.8) is 0 Å². The summed E-state index contributed by atoms with van der Waals surface area (Å²) in [4.78, 5) is 22.6. The Morgan fingerprint density at radius 3 is 2.61 bits per heavy atom. The average molecular weight is 245 g/mol. The Morgan fingerprint density at radius 2 is 2.06 bits per heavy atom. The standard InChI is InChI=1S/C13H15N3O2/c1-2-14-13(18)10-5-3-9(4-6-10)11-7-8-12(17)16-15-11/h3-6H,2,7-8H2,1H3,(H,14,18)(H,16,17). The van der Waals surface area contributed by atoms with Gasteiger partial charge in [0.15, 0.2) is 0 Å². The molecule has 5 nitrogen and oxygen atoms in total. The van der Waals surface area contributed by atoms with Crippen LogP contribution >= 0.6 is 0 Å². The Morgan fingerprint density at radius 1 is 1.33 bits per heavy atom. The van der Waals surface area contributed by atoms with Crippen molar-refractivity contribution in [1.29, 1.82) is 0 Å². The SMILES string of the molecule is CCNC(=O)c1ccc(C2=NNC(=O)CC2)cc1. The van der Waals surface area contributed by atoms with E-state index in [0.717, 1.165) is 11.3 Å². The first kappa shape index (κ1) is 12.3. The molecule has 0 fully saturated rings. The number of amides is 2. The lowest BCUT2D eigenvalue weighted by Crippen LogP contribution is -2.26. The summed E-state index contributed by atoms with van der Waals surface area (Å²) in [6.07, 6.45) is 1.09. The number of benzene rings is 1. The number of nitrogens with one attached hydrogen (secondary N) is 2. The smallest absolute Gasteiger partial charge is 0.251 e. The van der Waals surface area contributed by atoms with Gasteiger partial charge in [0.25, 0.3) is 5.91 Å². The molecular weight excluding hydrogens is 230 g/mol. The zero-order valence-electron chi connectivity index (χ0n) is 10.2. The molecule has 0 aromatic heterocycles. The maximum atomic E-state index is 11.6. The Bertz CT molecular complexity index is 491. The van der Waals surface area contributed by atoms with Crippen LogP contribution in [0.4, 0.5) is 0 Å². The summed E-state index contributed by atoms with van der Waals surface area (Å²) in [5, 5.41) is 6.75. The molecule has 1 heterocycles. The van der Waals surface area contributed by atoms with Crippen LogP contribution in [0, 0.1) is 0 Å². The van der Waals surface area contributed by atoms with Crippen LogP contribution in [0.3, 0.4) is 0 Å². The summed E-state index contributed by atoms with van der Waals surface area (Å²) in [5.41, 5.74) is 4.86. The molecule has 0 spiro atoms. The van der Waals surface area contributed by atoms with Gasteiger partial charge < -0.3 is 5.32 Å². The Kier molecular flexibility index (Phi) is 3.72. The van der Waals surface area contributed by atoms with E-state index in [1.54, 1.807) is 12.1 Å². The second kappa shape index (κ2) is 5.44. The third-order valence-electron chi connectivity index (χ3n) is 2.72. The first-order chi connectivity index (χ1) is 8.70.